The lowest BCUT2D eigenvalue weighted by atomic mass is 9.91. The number of anilines is 3. The summed E-state index contributed by atoms with van der Waals surface area (Å²) in [7, 11) is 1.91. The number of ketones is 1. The Morgan fingerprint density at radius 3 is 2.15 bits per heavy atom. The first-order valence-corrected chi connectivity index (χ1v) is 13.7. The number of rotatable bonds is 8. The van der Waals surface area contributed by atoms with E-state index in [1.54, 1.807) is 24.3 Å². The van der Waals surface area contributed by atoms with E-state index >= 15 is 0 Å². The van der Waals surface area contributed by atoms with Gasteiger partial charge in [0.15, 0.2) is 5.78 Å². The van der Waals surface area contributed by atoms with E-state index in [2.05, 4.69) is 5.32 Å². The molecule has 0 aliphatic carbocycles. The molecular weight excluding hydrogens is 540 g/mol. The van der Waals surface area contributed by atoms with Gasteiger partial charge in [0, 0.05) is 52.8 Å². The summed E-state index contributed by atoms with van der Waals surface area (Å²) in [6.45, 7) is 0.444. The molecular formula is C33H29ClN2O5. The third-order valence-corrected chi connectivity index (χ3v) is 7.52. The quantitative estimate of drug-likeness (QED) is 0.219. The summed E-state index contributed by atoms with van der Waals surface area (Å²) in [5.74, 6) is -2.08. The minimum absolute atomic E-state index is 0.0839. The maximum absolute atomic E-state index is 13.4. The summed E-state index contributed by atoms with van der Waals surface area (Å²) >= 11 is 5.99. The van der Waals surface area contributed by atoms with Gasteiger partial charge in [0.2, 0.25) is 5.91 Å². The van der Waals surface area contributed by atoms with Gasteiger partial charge in [-0.1, -0.05) is 41.9 Å². The van der Waals surface area contributed by atoms with Gasteiger partial charge in [0.25, 0.3) is 0 Å². The summed E-state index contributed by atoms with van der Waals surface area (Å²) in [6, 6.07) is 28.4. The van der Waals surface area contributed by atoms with Crippen LogP contribution in [0.5, 0.6) is 0 Å². The second kappa shape index (κ2) is 12.4. The van der Waals surface area contributed by atoms with Crippen molar-refractivity contribution in [2.24, 2.45) is 5.92 Å². The molecule has 0 spiro atoms. The Kier molecular flexibility index (Phi) is 8.47. The molecule has 0 radical (unpaired) electrons. The first kappa shape index (κ1) is 28.1. The fourth-order valence-corrected chi connectivity index (χ4v) is 5.08. The molecule has 41 heavy (non-hydrogen) atoms. The van der Waals surface area contributed by atoms with Gasteiger partial charge in [-0.05, 0) is 85.1 Å². The van der Waals surface area contributed by atoms with Crippen molar-refractivity contribution in [3.8, 4) is 0 Å². The lowest BCUT2D eigenvalue weighted by Gasteiger charge is -2.29. The maximum atomic E-state index is 13.4. The highest BCUT2D eigenvalue weighted by Gasteiger charge is 2.29. The van der Waals surface area contributed by atoms with Crippen LogP contribution in [0.1, 0.15) is 50.8 Å². The zero-order chi connectivity index (χ0) is 28.9. The summed E-state index contributed by atoms with van der Waals surface area (Å²) in [4.78, 5) is 40.4. The van der Waals surface area contributed by atoms with Crippen LogP contribution in [0, 0.1) is 5.92 Å². The van der Waals surface area contributed by atoms with Crippen LogP contribution in [0.15, 0.2) is 97.1 Å². The first-order valence-electron chi connectivity index (χ1n) is 13.3. The Morgan fingerprint density at radius 2 is 1.49 bits per heavy atom. The Bertz CT molecular complexity index is 1560. The highest BCUT2D eigenvalue weighted by Crippen LogP contribution is 2.33. The molecule has 4 aromatic rings. The van der Waals surface area contributed by atoms with Crippen LogP contribution in [-0.4, -0.2) is 36.4 Å². The van der Waals surface area contributed by atoms with Crippen molar-refractivity contribution in [3.05, 3.63) is 124 Å². The SMILES string of the molecule is CN(c1ccc(Cl)cc1)c1ccc(C(=O)c2cc(NC(=O)C3CCOC(c4ccccc4)C3)cc(C(=O)O)c2)cc1. The summed E-state index contributed by atoms with van der Waals surface area (Å²) in [5, 5.41) is 13.2. The smallest absolute Gasteiger partial charge is 0.335 e. The van der Waals surface area contributed by atoms with E-state index in [-0.39, 0.29) is 40.5 Å². The van der Waals surface area contributed by atoms with Crippen molar-refractivity contribution >= 4 is 46.3 Å². The number of nitrogens with zero attached hydrogens (tertiary/aromatic N) is 1. The third-order valence-electron chi connectivity index (χ3n) is 7.27. The molecule has 4 aromatic carbocycles. The molecule has 0 saturated carbocycles. The van der Waals surface area contributed by atoms with Crippen LogP contribution in [0.2, 0.25) is 5.02 Å². The number of carboxylic acids is 1. The zero-order valence-corrected chi connectivity index (χ0v) is 23.2. The van der Waals surface area contributed by atoms with E-state index in [0.29, 0.717) is 30.0 Å². The maximum Gasteiger partial charge on any atom is 0.335 e. The van der Waals surface area contributed by atoms with Crippen LogP contribution >= 0.6 is 11.6 Å². The van der Waals surface area contributed by atoms with E-state index in [4.69, 9.17) is 16.3 Å². The number of halogens is 1. The number of amides is 1. The van der Waals surface area contributed by atoms with Gasteiger partial charge < -0.3 is 20.1 Å². The number of hydrogen-bond donors (Lipinski definition) is 2. The number of carboxylic acid groups (broad SMARTS) is 1. The number of hydrogen-bond acceptors (Lipinski definition) is 5. The highest BCUT2D eigenvalue weighted by atomic mass is 35.5. The minimum Gasteiger partial charge on any atom is -0.478 e. The van der Waals surface area contributed by atoms with Crippen molar-refractivity contribution in [1.82, 2.24) is 0 Å². The van der Waals surface area contributed by atoms with Crippen molar-refractivity contribution in [3.63, 3.8) is 0 Å². The van der Waals surface area contributed by atoms with Crippen molar-refractivity contribution in [1.29, 1.82) is 0 Å². The molecule has 1 saturated heterocycles. The van der Waals surface area contributed by atoms with Crippen LogP contribution in [-0.2, 0) is 9.53 Å². The van der Waals surface area contributed by atoms with Crippen LogP contribution < -0.4 is 10.2 Å². The summed E-state index contributed by atoms with van der Waals surface area (Å²) in [6.07, 6.45) is 0.873. The number of aromatic carboxylic acids is 1. The predicted octanol–water partition coefficient (Wildman–Crippen LogP) is 7.14. The second-order valence-electron chi connectivity index (χ2n) is 10.00. The van der Waals surface area contributed by atoms with Gasteiger partial charge in [0.1, 0.15) is 0 Å². The van der Waals surface area contributed by atoms with Crippen LogP contribution in [0.25, 0.3) is 0 Å². The standard InChI is InChI=1S/C33H29ClN2O5/c1-36(29-13-9-26(34)10-14-29)28-11-7-22(8-12-28)31(37)24-17-25(33(39)40)19-27(18-24)35-32(38)23-15-16-41-30(20-23)21-5-3-2-4-6-21/h2-14,17-19,23,30H,15-16,20H2,1H3,(H,35,38)(H,39,40). The highest BCUT2D eigenvalue weighted by molar-refractivity contribution is 6.30. The van der Waals surface area contributed by atoms with Gasteiger partial charge in [-0.25, -0.2) is 4.79 Å². The fraction of sp³-hybridized carbons (Fsp3) is 0.182. The third kappa shape index (κ3) is 6.65. The van der Waals surface area contributed by atoms with Crippen molar-refractivity contribution in [2.75, 3.05) is 23.9 Å². The second-order valence-corrected chi connectivity index (χ2v) is 10.4. The molecule has 1 aliphatic rings. The van der Waals surface area contributed by atoms with Crippen molar-refractivity contribution < 1.29 is 24.2 Å². The average molecular weight is 569 g/mol. The van der Waals surface area contributed by atoms with E-state index in [0.717, 1.165) is 16.9 Å². The molecule has 2 atom stereocenters. The molecule has 1 fully saturated rings. The molecule has 208 valence electrons. The van der Waals surface area contributed by atoms with Crippen LogP contribution in [0.4, 0.5) is 17.1 Å². The lowest BCUT2D eigenvalue weighted by Crippen LogP contribution is -2.30. The summed E-state index contributed by atoms with van der Waals surface area (Å²) in [5.41, 5.74) is 3.56. The number of benzene rings is 4. The van der Waals surface area contributed by atoms with Gasteiger partial charge in [-0.3, -0.25) is 9.59 Å². The Balaban J connectivity index is 1.32. The van der Waals surface area contributed by atoms with Crippen molar-refractivity contribution in [2.45, 2.75) is 18.9 Å². The molecule has 2 N–H and O–H groups in total. The minimum atomic E-state index is -1.19. The molecule has 0 aromatic heterocycles. The summed E-state index contributed by atoms with van der Waals surface area (Å²) < 4.78 is 5.89. The Hall–Kier alpha value is -4.46. The van der Waals surface area contributed by atoms with Gasteiger partial charge in [-0.2, -0.15) is 0 Å². The van der Waals surface area contributed by atoms with Gasteiger partial charge >= 0.3 is 5.97 Å². The average Bonchev–Trinajstić information content (AvgIpc) is 3.01. The number of ether oxygens (including phenoxy) is 1. The predicted molar refractivity (Wildman–Crippen MR) is 159 cm³/mol. The molecule has 1 heterocycles. The molecule has 5 rings (SSSR count). The lowest BCUT2D eigenvalue weighted by molar-refractivity contribution is -0.125. The first-order chi connectivity index (χ1) is 19.8. The molecule has 1 amide bonds. The normalized spacial score (nSPS) is 16.5. The fourth-order valence-electron chi connectivity index (χ4n) is 4.95. The van der Waals surface area contributed by atoms with Gasteiger partial charge in [0.05, 0.1) is 11.7 Å². The number of carbonyl (C=O) groups excluding carboxylic acids is 2. The molecule has 0 bridgehead atoms. The zero-order valence-electron chi connectivity index (χ0n) is 22.4. The molecule has 2 unspecified atom stereocenters. The largest absolute Gasteiger partial charge is 0.478 e. The number of nitrogens with one attached hydrogen (secondary N) is 1. The van der Waals surface area contributed by atoms with Gasteiger partial charge in [-0.15, -0.1) is 0 Å². The molecule has 1 aliphatic heterocycles. The Morgan fingerprint density at radius 1 is 0.854 bits per heavy atom. The van der Waals surface area contributed by atoms with E-state index in [9.17, 15) is 19.5 Å². The monoisotopic (exact) mass is 568 g/mol. The molecule has 7 nitrogen and oxygen atoms in total. The number of carbonyl (C=O) groups is 3. The van der Waals surface area contributed by atoms with E-state index < -0.39 is 5.97 Å². The van der Waals surface area contributed by atoms with Crippen LogP contribution in [0.3, 0.4) is 0 Å². The molecule has 8 heteroatoms. The van der Waals surface area contributed by atoms with E-state index in [1.807, 2.05) is 66.5 Å². The Labute approximate surface area is 243 Å². The van der Waals surface area contributed by atoms with E-state index in [1.165, 1.54) is 18.2 Å². The topological polar surface area (TPSA) is 95.9 Å².